The van der Waals surface area contributed by atoms with Gasteiger partial charge in [0.25, 0.3) is 17.4 Å². The van der Waals surface area contributed by atoms with Crippen molar-refractivity contribution in [1.29, 1.82) is 0 Å². The summed E-state index contributed by atoms with van der Waals surface area (Å²) in [6.07, 6.45) is 2.69. The summed E-state index contributed by atoms with van der Waals surface area (Å²) in [5.74, 6) is -2.36. The number of aromatic nitrogens is 5. The van der Waals surface area contributed by atoms with Crippen LogP contribution in [0.1, 0.15) is 20.8 Å². The Morgan fingerprint density at radius 1 is 0.953 bits per heavy atom. The molecule has 1 aliphatic heterocycles. The van der Waals surface area contributed by atoms with E-state index < -0.39 is 23.1 Å². The summed E-state index contributed by atoms with van der Waals surface area (Å²) in [5, 5.41) is 13.6. The fourth-order valence-corrected chi connectivity index (χ4v) is 4.66. The maximum absolute atomic E-state index is 15.2. The van der Waals surface area contributed by atoms with Gasteiger partial charge in [0.2, 0.25) is 0 Å². The number of fused-ring (bicyclic) bond motifs is 1. The molecule has 1 aliphatic rings. The first kappa shape index (κ1) is 27.7. The van der Waals surface area contributed by atoms with Gasteiger partial charge in [-0.1, -0.05) is 0 Å². The van der Waals surface area contributed by atoms with E-state index in [4.69, 9.17) is 4.74 Å². The number of halogens is 2. The van der Waals surface area contributed by atoms with Gasteiger partial charge in [-0.2, -0.15) is 14.9 Å². The number of piperazine rings is 1. The number of amides is 2. The highest BCUT2D eigenvalue weighted by atomic mass is 19.1. The first-order valence-electron chi connectivity index (χ1n) is 13.2. The summed E-state index contributed by atoms with van der Waals surface area (Å²) in [6, 6.07) is 11.5. The van der Waals surface area contributed by atoms with E-state index in [0.29, 0.717) is 18.5 Å². The van der Waals surface area contributed by atoms with Crippen molar-refractivity contribution in [2.45, 2.75) is 0 Å². The molecule has 0 atom stereocenters. The second kappa shape index (κ2) is 11.4. The number of aromatic amines is 1. The molecule has 4 heterocycles. The molecule has 0 spiro atoms. The summed E-state index contributed by atoms with van der Waals surface area (Å²) in [5.41, 5.74) is -0.232. The molecule has 14 heteroatoms. The molecule has 0 aliphatic carbocycles. The van der Waals surface area contributed by atoms with E-state index in [2.05, 4.69) is 30.5 Å². The van der Waals surface area contributed by atoms with Crippen molar-refractivity contribution in [2.24, 2.45) is 0 Å². The van der Waals surface area contributed by atoms with E-state index in [1.807, 2.05) is 7.05 Å². The molecule has 0 unspecified atom stereocenters. The predicted molar refractivity (Wildman–Crippen MR) is 152 cm³/mol. The number of hydrogen-bond acceptors (Lipinski definition) is 8. The number of carbonyl (C=O) groups is 2. The number of carbonyl (C=O) groups excluding carboxylic acids is 2. The summed E-state index contributed by atoms with van der Waals surface area (Å²) in [7, 11) is 1.99. The molecule has 12 nitrogen and oxygen atoms in total. The van der Waals surface area contributed by atoms with E-state index in [9.17, 15) is 18.8 Å². The fourth-order valence-electron chi connectivity index (χ4n) is 4.66. The number of likely N-dealkylation sites (N-methyl/N-ethyl adjacent to an activating group) is 1. The Morgan fingerprint density at radius 2 is 1.72 bits per heavy atom. The fraction of sp³-hybridized carbons (Fsp3) is 0.172. The lowest BCUT2D eigenvalue weighted by atomic mass is 10.2. The monoisotopic (exact) mass is 586 g/mol. The van der Waals surface area contributed by atoms with Crippen molar-refractivity contribution in [2.75, 3.05) is 38.5 Å². The molecule has 1 saturated heterocycles. The van der Waals surface area contributed by atoms with E-state index in [1.54, 1.807) is 4.90 Å². The third-order valence-electron chi connectivity index (χ3n) is 6.99. The average molecular weight is 587 g/mol. The van der Waals surface area contributed by atoms with Gasteiger partial charge < -0.3 is 19.9 Å². The molecule has 0 radical (unpaired) electrons. The Balaban J connectivity index is 1.22. The number of hydrogen-bond donors (Lipinski definition) is 2. The van der Waals surface area contributed by atoms with E-state index in [1.165, 1.54) is 60.9 Å². The van der Waals surface area contributed by atoms with Crippen LogP contribution in [-0.2, 0) is 0 Å². The topological polar surface area (TPSA) is 138 Å². The number of H-pyrrole nitrogens is 1. The van der Waals surface area contributed by atoms with Crippen molar-refractivity contribution >= 4 is 28.5 Å². The Morgan fingerprint density at radius 3 is 2.47 bits per heavy atom. The van der Waals surface area contributed by atoms with Gasteiger partial charge in [0.1, 0.15) is 22.8 Å². The first-order valence-corrected chi connectivity index (χ1v) is 13.2. The molecular formula is C29H24F2N8O4. The molecule has 5 aromatic rings. The van der Waals surface area contributed by atoms with E-state index >= 15 is 4.39 Å². The summed E-state index contributed by atoms with van der Waals surface area (Å²) < 4.78 is 35.3. The van der Waals surface area contributed by atoms with Crippen LogP contribution in [0.25, 0.3) is 16.7 Å². The second-order valence-corrected chi connectivity index (χ2v) is 9.84. The van der Waals surface area contributed by atoms with Crippen LogP contribution in [0.3, 0.4) is 0 Å². The van der Waals surface area contributed by atoms with Crippen LogP contribution >= 0.6 is 0 Å². The van der Waals surface area contributed by atoms with Crippen LogP contribution in [-0.4, -0.2) is 79.8 Å². The van der Waals surface area contributed by atoms with Gasteiger partial charge in [0.15, 0.2) is 17.2 Å². The smallest absolute Gasteiger partial charge is 0.284 e. The zero-order valence-electron chi connectivity index (χ0n) is 22.8. The normalized spacial score (nSPS) is 13.7. The summed E-state index contributed by atoms with van der Waals surface area (Å²) in [4.78, 5) is 47.1. The number of ether oxygens (including phenoxy) is 1. The van der Waals surface area contributed by atoms with Gasteiger partial charge in [0, 0.05) is 56.4 Å². The predicted octanol–water partition coefficient (Wildman–Crippen LogP) is 3.21. The number of anilines is 1. The maximum Gasteiger partial charge on any atom is 0.284 e. The molecule has 0 saturated carbocycles. The molecule has 2 amide bonds. The van der Waals surface area contributed by atoms with Crippen LogP contribution in [0, 0.1) is 11.6 Å². The number of benzene rings is 2. The quantitative estimate of drug-likeness (QED) is 0.309. The Labute approximate surface area is 242 Å². The van der Waals surface area contributed by atoms with Crippen molar-refractivity contribution in [3.8, 4) is 17.2 Å². The second-order valence-electron chi connectivity index (χ2n) is 9.84. The van der Waals surface area contributed by atoms with Crippen molar-refractivity contribution in [1.82, 2.24) is 34.8 Å². The molecule has 218 valence electrons. The van der Waals surface area contributed by atoms with Crippen molar-refractivity contribution < 1.29 is 23.1 Å². The van der Waals surface area contributed by atoms with Gasteiger partial charge in [-0.3, -0.25) is 19.5 Å². The van der Waals surface area contributed by atoms with Gasteiger partial charge in [-0.15, -0.1) is 0 Å². The molecule has 0 bridgehead atoms. The van der Waals surface area contributed by atoms with Crippen molar-refractivity contribution in [3.63, 3.8) is 0 Å². The summed E-state index contributed by atoms with van der Waals surface area (Å²) in [6.45, 7) is 2.57. The highest BCUT2D eigenvalue weighted by molar-refractivity contribution is 6.06. The Bertz CT molecular complexity index is 1900. The van der Waals surface area contributed by atoms with Crippen LogP contribution in [0.4, 0.5) is 14.5 Å². The Kier molecular flexibility index (Phi) is 7.34. The third kappa shape index (κ3) is 5.55. The summed E-state index contributed by atoms with van der Waals surface area (Å²) >= 11 is 0. The molecule has 6 rings (SSSR count). The Hall–Kier alpha value is -5.50. The number of nitrogens with one attached hydrogen (secondary N) is 2. The SMILES string of the molecule is CN1CCN(C(=O)c2[nH]nc3nccc(Oc4ccc(NC(=O)c5ccnn(-c6ccc(F)cc6)c5=O)cc4F)c23)CC1. The van der Waals surface area contributed by atoms with Gasteiger partial charge in [-0.05, 0) is 49.5 Å². The molecular weight excluding hydrogens is 562 g/mol. The van der Waals surface area contributed by atoms with Gasteiger partial charge in [-0.25, -0.2) is 13.8 Å². The number of rotatable bonds is 6. The van der Waals surface area contributed by atoms with Crippen LogP contribution in [0.5, 0.6) is 11.5 Å². The zero-order chi connectivity index (χ0) is 30.1. The minimum absolute atomic E-state index is 0.0634. The van der Waals surface area contributed by atoms with Crippen LogP contribution in [0.15, 0.2) is 71.8 Å². The number of pyridine rings is 1. The molecule has 2 N–H and O–H groups in total. The van der Waals surface area contributed by atoms with Crippen LogP contribution in [0.2, 0.25) is 0 Å². The lowest BCUT2D eigenvalue weighted by molar-refractivity contribution is 0.0659. The molecule has 2 aromatic carbocycles. The molecule has 3 aromatic heterocycles. The van der Waals surface area contributed by atoms with Crippen molar-refractivity contribution in [3.05, 3.63) is 100 Å². The van der Waals surface area contributed by atoms with Gasteiger partial charge >= 0.3 is 0 Å². The maximum atomic E-state index is 15.2. The minimum atomic E-state index is -0.809. The van der Waals surface area contributed by atoms with Crippen LogP contribution < -0.4 is 15.6 Å². The van der Waals surface area contributed by atoms with E-state index in [0.717, 1.165) is 23.8 Å². The average Bonchev–Trinajstić information content (AvgIpc) is 3.44. The largest absolute Gasteiger partial charge is 0.453 e. The molecule has 1 fully saturated rings. The number of nitrogens with zero attached hydrogens (tertiary/aromatic N) is 6. The minimum Gasteiger partial charge on any atom is -0.453 e. The lowest BCUT2D eigenvalue weighted by Crippen LogP contribution is -2.47. The first-order chi connectivity index (χ1) is 20.8. The van der Waals surface area contributed by atoms with Gasteiger partial charge in [0.05, 0.1) is 11.1 Å². The zero-order valence-corrected chi connectivity index (χ0v) is 22.8. The molecule has 43 heavy (non-hydrogen) atoms. The highest BCUT2D eigenvalue weighted by Crippen LogP contribution is 2.33. The standard InChI is InChI=1S/C29H24F2N8O4/c1-37-12-14-38(15-13-37)29(42)25-24-23(9-10-32-26(24)36-35-25)43-22-7-4-18(16-21(22)31)34-27(40)20-8-11-33-39(28(20)41)19-5-2-17(30)3-6-19/h2-11,16H,12-15H2,1H3,(H,34,40)(H,32,35,36). The highest BCUT2D eigenvalue weighted by Gasteiger charge is 2.26. The van der Waals surface area contributed by atoms with E-state index in [-0.39, 0.29) is 45.7 Å². The third-order valence-corrected chi connectivity index (χ3v) is 6.99. The lowest BCUT2D eigenvalue weighted by Gasteiger charge is -2.32.